The van der Waals surface area contributed by atoms with Crippen molar-refractivity contribution in [1.82, 2.24) is 10.3 Å². The highest BCUT2D eigenvalue weighted by atomic mass is 16.1. The molecule has 0 saturated carbocycles. The maximum absolute atomic E-state index is 11.9. The molecule has 0 aliphatic carbocycles. The SMILES string of the molecule is Cc1ccccc1CCNC(=O)c1ccc(CN)cn1. The van der Waals surface area contributed by atoms with Crippen molar-refractivity contribution in [2.24, 2.45) is 5.73 Å². The molecule has 0 bridgehead atoms. The highest BCUT2D eigenvalue weighted by molar-refractivity contribution is 5.92. The van der Waals surface area contributed by atoms with E-state index < -0.39 is 0 Å². The number of carbonyl (C=O) groups excluding carboxylic acids is 1. The first-order chi connectivity index (χ1) is 9.70. The molecule has 0 saturated heterocycles. The first-order valence-electron chi connectivity index (χ1n) is 6.68. The Hall–Kier alpha value is -2.20. The molecule has 104 valence electrons. The summed E-state index contributed by atoms with van der Waals surface area (Å²) in [5.41, 5.74) is 9.33. The van der Waals surface area contributed by atoms with E-state index in [0.717, 1.165) is 12.0 Å². The van der Waals surface area contributed by atoms with Crippen LogP contribution >= 0.6 is 0 Å². The maximum Gasteiger partial charge on any atom is 0.269 e. The molecule has 4 nitrogen and oxygen atoms in total. The Morgan fingerprint density at radius 1 is 1.25 bits per heavy atom. The second kappa shape index (κ2) is 6.82. The van der Waals surface area contributed by atoms with Gasteiger partial charge >= 0.3 is 0 Å². The minimum atomic E-state index is -0.151. The Morgan fingerprint density at radius 2 is 2.05 bits per heavy atom. The molecule has 0 atom stereocenters. The predicted molar refractivity (Wildman–Crippen MR) is 79.3 cm³/mol. The van der Waals surface area contributed by atoms with Crippen LogP contribution in [0.2, 0.25) is 0 Å². The number of carbonyl (C=O) groups is 1. The number of rotatable bonds is 5. The fourth-order valence-electron chi connectivity index (χ4n) is 1.97. The average Bonchev–Trinajstić information content (AvgIpc) is 2.49. The van der Waals surface area contributed by atoms with Gasteiger partial charge in [0.2, 0.25) is 0 Å². The first kappa shape index (κ1) is 14.2. The Morgan fingerprint density at radius 3 is 2.70 bits per heavy atom. The smallest absolute Gasteiger partial charge is 0.269 e. The fourth-order valence-corrected chi connectivity index (χ4v) is 1.97. The summed E-state index contributed by atoms with van der Waals surface area (Å²) in [6.45, 7) is 3.11. The zero-order chi connectivity index (χ0) is 14.4. The lowest BCUT2D eigenvalue weighted by molar-refractivity contribution is 0.0949. The van der Waals surface area contributed by atoms with Crippen LogP contribution in [0.5, 0.6) is 0 Å². The van der Waals surface area contributed by atoms with Gasteiger partial charge in [0.1, 0.15) is 5.69 Å². The van der Waals surface area contributed by atoms with Gasteiger partial charge in [0.15, 0.2) is 0 Å². The van der Waals surface area contributed by atoms with Crippen molar-refractivity contribution < 1.29 is 4.79 Å². The van der Waals surface area contributed by atoms with Gasteiger partial charge in [-0.15, -0.1) is 0 Å². The summed E-state index contributed by atoms with van der Waals surface area (Å²) in [4.78, 5) is 16.0. The van der Waals surface area contributed by atoms with E-state index in [4.69, 9.17) is 5.73 Å². The molecule has 0 spiro atoms. The van der Waals surface area contributed by atoms with Gasteiger partial charge in [0, 0.05) is 19.3 Å². The molecule has 2 aromatic rings. The first-order valence-corrected chi connectivity index (χ1v) is 6.68. The minimum Gasteiger partial charge on any atom is -0.350 e. The van der Waals surface area contributed by atoms with Crippen molar-refractivity contribution in [3.8, 4) is 0 Å². The lowest BCUT2D eigenvalue weighted by Gasteiger charge is -2.07. The molecule has 0 aliphatic heterocycles. The van der Waals surface area contributed by atoms with Crippen LogP contribution in [0, 0.1) is 6.92 Å². The van der Waals surface area contributed by atoms with E-state index in [1.807, 2.05) is 18.2 Å². The van der Waals surface area contributed by atoms with Gasteiger partial charge in [-0.2, -0.15) is 0 Å². The number of nitrogens with one attached hydrogen (secondary N) is 1. The standard InChI is InChI=1S/C16H19N3O/c1-12-4-2-3-5-14(12)8-9-18-16(20)15-7-6-13(10-17)11-19-15/h2-7,11H,8-10,17H2,1H3,(H,18,20). The quantitative estimate of drug-likeness (QED) is 0.870. The molecular formula is C16H19N3O. The van der Waals surface area contributed by atoms with E-state index in [-0.39, 0.29) is 5.91 Å². The molecule has 2 rings (SSSR count). The van der Waals surface area contributed by atoms with Gasteiger partial charge in [0.25, 0.3) is 5.91 Å². The van der Waals surface area contributed by atoms with Gasteiger partial charge in [-0.3, -0.25) is 9.78 Å². The van der Waals surface area contributed by atoms with Crippen LogP contribution in [0.15, 0.2) is 42.6 Å². The van der Waals surface area contributed by atoms with Crippen LogP contribution in [-0.4, -0.2) is 17.4 Å². The number of pyridine rings is 1. The summed E-state index contributed by atoms with van der Waals surface area (Å²) in [7, 11) is 0. The zero-order valence-corrected chi connectivity index (χ0v) is 11.6. The lowest BCUT2D eigenvalue weighted by Crippen LogP contribution is -2.26. The Labute approximate surface area is 119 Å². The van der Waals surface area contributed by atoms with Crippen LogP contribution in [0.4, 0.5) is 0 Å². The molecule has 3 N–H and O–H groups in total. The number of benzene rings is 1. The molecule has 20 heavy (non-hydrogen) atoms. The molecule has 0 aliphatic rings. The van der Waals surface area contributed by atoms with E-state index in [0.29, 0.717) is 18.8 Å². The number of hydrogen-bond acceptors (Lipinski definition) is 3. The second-order valence-corrected chi connectivity index (χ2v) is 4.69. The third kappa shape index (κ3) is 3.65. The lowest BCUT2D eigenvalue weighted by atomic mass is 10.1. The highest BCUT2D eigenvalue weighted by Gasteiger charge is 2.06. The summed E-state index contributed by atoms with van der Waals surface area (Å²) in [6, 6.07) is 11.7. The third-order valence-corrected chi connectivity index (χ3v) is 3.23. The van der Waals surface area contributed by atoms with Crippen LogP contribution in [0.1, 0.15) is 27.2 Å². The second-order valence-electron chi connectivity index (χ2n) is 4.69. The number of nitrogens with two attached hydrogens (primary N) is 1. The number of aryl methyl sites for hydroxylation is 1. The summed E-state index contributed by atoms with van der Waals surface area (Å²) in [5.74, 6) is -0.151. The van der Waals surface area contributed by atoms with Crippen molar-refractivity contribution in [2.75, 3.05) is 6.54 Å². The number of amides is 1. The van der Waals surface area contributed by atoms with E-state index in [1.54, 1.807) is 12.3 Å². The minimum absolute atomic E-state index is 0.151. The molecule has 1 aromatic carbocycles. The number of hydrogen-bond donors (Lipinski definition) is 2. The van der Waals surface area contributed by atoms with Crippen molar-refractivity contribution in [1.29, 1.82) is 0 Å². The molecule has 1 heterocycles. The molecule has 0 radical (unpaired) electrons. The molecular weight excluding hydrogens is 250 g/mol. The van der Waals surface area contributed by atoms with Crippen LogP contribution in [0.3, 0.4) is 0 Å². The predicted octanol–water partition coefficient (Wildman–Crippen LogP) is 1.82. The largest absolute Gasteiger partial charge is 0.350 e. The normalized spacial score (nSPS) is 10.3. The Balaban J connectivity index is 1.87. The molecule has 0 unspecified atom stereocenters. The Bertz CT molecular complexity index is 579. The fraction of sp³-hybridized carbons (Fsp3) is 0.250. The van der Waals surface area contributed by atoms with E-state index in [2.05, 4.69) is 29.4 Å². The van der Waals surface area contributed by atoms with Crippen molar-refractivity contribution in [3.05, 3.63) is 65.0 Å². The van der Waals surface area contributed by atoms with Gasteiger partial charge in [-0.25, -0.2) is 0 Å². The average molecular weight is 269 g/mol. The topological polar surface area (TPSA) is 68.0 Å². The van der Waals surface area contributed by atoms with Gasteiger partial charge in [0.05, 0.1) is 0 Å². The van der Waals surface area contributed by atoms with Crippen molar-refractivity contribution in [3.63, 3.8) is 0 Å². The van der Waals surface area contributed by atoms with Gasteiger partial charge < -0.3 is 11.1 Å². The maximum atomic E-state index is 11.9. The van der Waals surface area contributed by atoms with Gasteiger partial charge in [-0.1, -0.05) is 30.3 Å². The monoisotopic (exact) mass is 269 g/mol. The Kier molecular flexibility index (Phi) is 4.85. The van der Waals surface area contributed by atoms with Gasteiger partial charge in [-0.05, 0) is 36.1 Å². The molecule has 1 amide bonds. The highest BCUT2D eigenvalue weighted by Crippen LogP contribution is 2.07. The molecule has 0 fully saturated rings. The summed E-state index contributed by atoms with van der Waals surface area (Å²) in [6.07, 6.45) is 2.45. The van der Waals surface area contributed by atoms with Crippen molar-refractivity contribution in [2.45, 2.75) is 19.9 Å². The molecule has 4 heteroatoms. The van der Waals surface area contributed by atoms with E-state index >= 15 is 0 Å². The van der Waals surface area contributed by atoms with E-state index in [9.17, 15) is 4.79 Å². The van der Waals surface area contributed by atoms with Crippen LogP contribution < -0.4 is 11.1 Å². The third-order valence-electron chi connectivity index (χ3n) is 3.23. The zero-order valence-electron chi connectivity index (χ0n) is 11.6. The van der Waals surface area contributed by atoms with Crippen LogP contribution in [-0.2, 0) is 13.0 Å². The van der Waals surface area contributed by atoms with Crippen molar-refractivity contribution >= 4 is 5.91 Å². The number of aromatic nitrogens is 1. The number of nitrogens with zero attached hydrogens (tertiary/aromatic N) is 1. The van der Waals surface area contributed by atoms with E-state index in [1.165, 1.54) is 11.1 Å². The summed E-state index contributed by atoms with van der Waals surface area (Å²) < 4.78 is 0. The summed E-state index contributed by atoms with van der Waals surface area (Å²) >= 11 is 0. The van der Waals surface area contributed by atoms with Crippen LogP contribution in [0.25, 0.3) is 0 Å². The molecule has 1 aromatic heterocycles. The summed E-state index contributed by atoms with van der Waals surface area (Å²) in [5, 5.41) is 2.88.